The number of hydrogen-bond donors (Lipinski definition) is 2. The Kier molecular flexibility index (Phi) is 3.94. The fraction of sp³-hybridized carbons (Fsp3) is 0.375. The van der Waals surface area contributed by atoms with E-state index in [1.165, 1.54) is 13.2 Å². The van der Waals surface area contributed by atoms with Crippen LogP contribution in [0, 0.1) is 0 Å². The zero-order valence-electron chi connectivity index (χ0n) is 13.3. The van der Waals surface area contributed by atoms with E-state index in [0.29, 0.717) is 0 Å². The molecule has 2 heterocycles. The van der Waals surface area contributed by atoms with Crippen molar-refractivity contribution in [2.75, 3.05) is 14.2 Å². The molecule has 0 radical (unpaired) electrons. The van der Waals surface area contributed by atoms with Crippen molar-refractivity contribution in [3.05, 3.63) is 33.2 Å². The van der Waals surface area contributed by atoms with Crippen molar-refractivity contribution in [1.29, 1.82) is 0 Å². The van der Waals surface area contributed by atoms with Crippen LogP contribution in [0.15, 0.2) is 15.3 Å². The van der Waals surface area contributed by atoms with Crippen molar-refractivity contribution in [3.8, 4) is 11.5 Å². The Bertz CT molecular complexity index is 882. The maximum atomic E-state index is 12.8. The van der Waals surface area contributed by atoms with E-state index in [0.717, 1.165) is 7.11 Å². The molecule has 0 fully saturated rings. The Hall–Kier alpha value is -2.58. The lowest BCUT2D eigenvalue weighted by Crippen LogP contribution is -2.29. The van der Waals surface area contributed by atoms with Crippen LogP contribution in [0.4, 0.5) is 0 Å². The lowest BCUT2D eigenvalue weighted by atomic mass is 10.00. The fourth-order valence-corrected chi connectivity index (χ4v) is 2.81. The van der Waals surface area contributed by atoms with E-state index < -0.39 is 23.4 Å². The predicted octanol–water partition coefficient (Wildman–Crippen LogP) is 1.25. The van der Waals surface area contributed by atoms with Crippen LogP contribution in [0.25, 0.3) is 11.0 Å². The van der Waals surface area contributed by atoms with Gasteiger partial charge in [0, 0.05) is 6.42 Å². The first-order valence-corrected chi connectivity index (χ1v) is 7.20. The standard InChI is InChI=1S/C16H16O8/c1-6-4-8-11(16(20)23-6)13(18)10-7(15(19)22-3)5-9(21-2)12(17)14(10)24-8/h5-6,16-17,20H,4H2,1-3H3/t6-,16+/m1/s1. The molecule has 0 bridgehead atoms. The van der Waals surface area contributed by atoms with E-state index in [2.05, 4.69) is 4.74 Å². The largest absolute Gasteiger partial charge is 0.502 e. The van der Waals surface area contributed by atoms with Gasteiger partial charge >= 0.3 is 5.97 Å². The van der Waals surface area contributed by atoms with Crippen molar-refractivity contribution in [2.45, 2.75) is 25.7 Å². The summed E-state index contributed by atoms with van der Waals surface area (Å²) in [4.78, 5) is 24.9. The van der Waals surface area contributed by atoms with Crippen LogP contribution in [0.1, 0.15) is 34.9 Å². The van der Waals surface area contributed by atoms with E-state index in [1.807, 2.05) is 0 Å². The summed E-state index contributed by atoms with van der Waals surface area (Å²) in [6.45, 7) is 1.71. The SMILES string of the molecule is COC(=O)c1cc(OC)c(O)c2oc3c(c(=O)c12)[C@@H](O)O[C@H](C)C3. The molecular formula is C16H16O8. The van der Waals surface area contributed by atoms with Crippen molar-refractivity contribution >= 4 is 16.9 Å². The third kappa shape index (κ3) is 2.31. The third-order valence-electron chi connectivity index (χ3n) is 3.92. The van der Waals surface area contributed by atoms with Gasteiger partial charge in [-0.05, 0) is 13.0 Å². The Morgan fingerprint density at radius 1 is 1.38 bits per heavy atom. The maximum absolute atomic E-state index is 12.8. The molecule has 2 atom stereocenters. The molecule has 128 valence electrons. The van der Waals surface area contributed by atoms with Crippen LogP contribution in [-0.4, -0.2) is 36.5 Å². The van der Waals surface area contributed by atoms with E-state index >= 15 is 0 Å². The summed E-state index contributed by atoms with van der Waals surface area (Å²) >= 11 is 0. The molecule has 0 saturated heterocycles. The number of phenolic OH excluding ortho intramolecular Hbond substituents is 1. The minimum Gasteiger partial charge on any atom is -0.502 e. The summed E-state index contributed by atoms with van der Waals surface area (Å²) in [5.41, 5.74) is -1.08. The number of benzene rings is 1. The highest BCUT2D eigenvalue weighted by molar-refractivity contribution is 6.05. The number of fused-ring (bicyclic) bond motifs is 2. The van der Waals surface area contributed by atoms with Gasteiger partial charge in [-0.25, -0.2) is 4.79 Å². The van der Waals surface area contributed by atoms with Gasteiger partial charge in [0.1, 0.15) is 5.76 Å². The van der Waals surface area contributed by atoms with Crippen LogP contribution < -0.4 is 10.2 Å². The number of carbonyl (C=O) groups is 1. The topological polar surface area (TPSA) is 115 Å². The molecule has 1 aliphatic heterocycles. The normalized spacial score (nSPS) is 19.8. The summed E-state index contributed by atoms with van der Waals surface area (Å²) in [6.07, 6.45) is -1.61. The van der Waals surface area contributed by atoms with Crippen molar-refractivity contribution < 1.29 is 33.6 Å². The molecule has 3 rings (SSSR count). The highest BCUT2D eigenvalue weighted by Gasteiger charge is 2.32. The number of aromatic hydroxyl groups is 1. The molecule has 0 saturated carbocycles. The summed E-state index contributed by atoms with van der Waals surface area (Å²) < 4.78 is 20.6. The van der Waals surface area contributed by atoms with Gasteiger partial charge in [0.05, 0.1) is 36.8 Å². The quantitative estimate of drug-likeness (QED) is 0.787. The molecule has 1 aliphatic rings. The number of esters is 1. The number of rotatable bonds is 2. The highest BCUT2D eigenvalue weighted by Crippen LogP contribution is 2.39. The van der Waals surface area contributed by atoms with Gasteiger partial charge in [0.25, 0.3) is 0 Å². The molecule has 1 aromatic heterocycles. The molecule has 0 unspecified atom stereocenters. The van der Waals surface area contributed by atoms with Gasteiger partial charge in [0.2, 0.25) is 11.2 Å². The first-order valence-electron chi connectivity index (χ1n) is 7.20. The van der Waals surface area contributed by atoms with Crippen LogP contribution in [0.5, 0.6) is 11.5 Å². The second-order valence-corrected chi connectivity index (χ2v) is 5.44. The first kappa shape index (κ1) is 16.3. The predicted molar refractivity (Wildman–Crippen MR) is 81.3 cm³/mol. The smallest absolute Gasteiger partial charge is 0.338 e. The van der Waals surface area contributed by atoms with Crippen LogP contribution in [0.3, 0.4) is 0 Å². The average molecular weight is 336 g/mol. The van der Waals surface area contributed by atoms with Crippen LogP contribution >= 0.6 is 0 Å². The first-order chi connectivity index (χ1) is 11.4. The van der Waals surface area contributed by atoms with Gasteiger partial charge in [-0.3, -0.25) is 4.79 Å². The highest BCUT2D eigenvalue weighted by atomic mass is 16.6. The maximum Gasteiger partial charge on any atom is 0.338 e. The van der Waals surface area contributed by atoms with Gasteiger partial charge in [-0.15, -0.1) is 0 Å². The molecular weight excluding hydrogens is 320 g/mol. The number of phenols is 1. The number of ether oxygens (including phenoxy) is 3. The van der Waals surface area contributed by atoms with Gasteiger partial charge < -0.3 is 28.8 Å². The lowest BCUT2D eigenvalue weighted by Gasteiger charge is -2.25. The van der Waals surface area contributed by atoms with Crippen LogP contribution in [-0.2, 0) is 15.9 Å². The lowest BCUT2D eigenvalue weighted by molar-refractivity contribution is -0.147. The van der Waals surface area contributed by atoms with E-state index in [1.54, 1.807) is 6.92 Å². The Balaban J connectivity index is 2.46. The zero-order chi connectivity index (χ0) is 17.6. The average Bonchev–Trinajstić information content (AvgIpc) is 2.54. The molecule has 8 heteroatoms. The number of carbonyl (C=O) groups excluding carboxylic acids is 1. The fourth-order valence-electron chi connectivity index (χ4n) is 2.81. The second kappa shape index (κ2) is 5.81. The molecule has 0 aliphatic carbocycles. The second-order valence-electron chi connectivity index (χ2n) is 5.44. The third-order valence-corrected chi connectivity index (χ3v) is 3.92. The number of hydrogen-bond acceptors (Lipinski definition) is 8. The minimum absolute atomic E-state index is 0.0355. The summed E-state index contributed by atoms with van der Waals surface area (Å²) in [5.74, 6) is -1.05. The van der Waals surface area contributed by atoms with E-state index in [9.17, 15) is 19.8 Å². The van der Waals surface area contributed by atoms with Crippen molar-refractivity contribution in [2.24, 2.45) is 0 Å². The zero-order valence-corrected chi connectivity index (χ0v) is 13.3. The van der Waals surface area contributed by atoms with E-state index in [4.69, 9.17) is 13.9 Å². The number of aliphatic hydroxyl groups excluding tert-OH is 1. The Labute approximate surface area is 136 Å². The van der Waals surface area contributed by atoms with Gasteiger partial charge in [-0.2, -0.15) is 0 Å². The summed E-state index contributed by atoms with van der Waals surface area (Å²) in [5, 5.41) is 20.1. The summed E-state index contributed by atoms with van der Waals surface area (Å²) in [7, 11) is 2.46. The molecule has 8 nitrogen and oxygen atoms in total. The number of methoxy groups -OCH3 is 2. The molecule has 2 aromatic rings. The molecule has 24 heavy (non-hydrogen) atoms. The summed E-state index contributed by atoms with van der Waals surface area (Å²) in [6, 6.07) is 1.19. The van der Waals surface area contributed by atoms with Crippen molar-refractivity contribution in [3.63, 3.8) is 0 Å². The Morgan fingerprint density at radius 2 is 2.08 bits per heavy atom. The van der Waals surface area contributed by atoms with Crippen molar-refractivity contribution in [1.82, 2.24) is 0 Å². The molecule has 2 N–H and O–H groups in total. The van der Waals surface area contributed by atoms with Crippen LogP contribution in [0.2, 0.25) is 0 Å². The molecule has 1 aromatic carbocycles. The number of aliphatic hydroxyl groups is 1. The van der Waals surface area contributed by atoms with Gasteiger partial charge in [0.15, 0.2) is 17.6 Å². The van der Waals surface area contributed by atoms with Gasteiger partial charge in [-0.1, -0.05) is 0 Å². The molecule has 0 spiro atoms. The monoisotopic (exact) mass is 336 g/mol. The minimum atomic E-state index is -1.47. The Morgan fingerprint density at radius 3 is 2.71 bits per heavy atom. The molecule has 0 amide bonds. The van der Waals surface area contributed by atoms with E-state index in [-0.39, 0.29) is 46.1 Å².